The van der Waals surface area contributed by atoms with Crippen molar-refractivity contribution in [2.75, 3.05) is 145 Å². The van der Waals surface area contributed by atoms with E-state index in [0.717, 1.165) is 55.1 Å². The van der Waals surface area contributed by atoms with Crippen LogP contribution in [0, 0.1) is 0 Å². The Morgan fingerprint density at radius 1 is 0.402 bits per heavy atom. The van der Waals surface area contributed by atoms with Gasteiger partial charge in [0, 0.05) is 157 Å². The van der Waals surface area contributed by atoms with Gasteiger partial charge in [-0.25, -0.2) is 4.98 Å². The second kappa shape index (κ2) is 48.7. The zero-order chi connectivity index (χ0) is 73.3. The molecule has 0 aliphatic carbocycles. The fraction of sp³-hybridized carbons (Fsp3) is 0.794. The summed E-state index contributed by atoms with van der Waals surface area (Å²) in [5.41, 5.74) is 0. The van der Waals surface area contributed by atoms with Gasteiger partial charge in [0.1, 0.15) is 10.1 Å². The minimum atomic E-state index is -4.51. The summed E-state index contributed by atoms with van der Waals surface area (Å²) in [7, 11) is -42.3. The molecule has 1 aromatic rings. The molecule has 0 aromatic carbocycles. The Hall–Kier alpha value is 3.73. The lowest BCUT2D eigenvalue weighted by molar-refractivity contribution is 0.245. The standard InChI is InChI=1S/C10H23NO10P6S.C7H18O6P2.C6H18O10P6.C6H14O6P2.C5H14O6P2/c1-22(12)18-26(16,19-23(2)13)10(6-5-9-11-7-8-28-9)27(17,20-24(3)14)21-25(4)15;1-6-7(14(8,10-2)11-3)15(9,12-4)13-5;1-6(21(11,13-17(2)7)14-18(3)8)22(12,15-19(4)9)16-20(5)10;1-6(13(7,9-2)10-3)14(8,11-4)12-5;1-8-12(6,9-2)5-13(7,10-3)11-4/h7-8,10,12-15H,5-6H2,1-4H3;7H,6H2,1-5H3;7-10H,1H2,2-5H3;1H2,2-5H3;5H2,1-4H3. The summed E-state index contributed by atoms with van der Waals surface area (Å²) in [6.07, 6.45) is 1.89. The fourth-order valence-corrected chi connectivity index (χ4v) is 39.4. The number of hydrogen-bond acceptors (Lipinski definition) is 40. The molecule has 8 unspecified atom stereocenters. The SMILES string of the molecule is C=C(P(=O)(OC)OC)P(=O)(OC)OC.C=C(P(=O)(OP(C)O)OP(C)O)P(=O)(OP(C)O)OP(C)O.CCC(P(=O)(OC)OC)P(=O)(OC)OC.COP(=O)(CP(=O)(OC)OC)OC.CP(O)OP(=O)(OP(C)O)C(CCc1nccs1)P(=O)(OP(C)O)OP(C)O. The van der Waals surface area contributed by atoms with Gasteiger partial charge in [0.05, 0.1) is 5.01 Å². The Morgan fingerprint density at radius 2 is 0.652 bits per heavy atom. The molecule has 1 rings (SSSR count). The molecule has 0 amide bonds. The maximum Gasteiger partial charge on any atom is 0.379 e. The van der Waals surface area contributed by atoms with Crippen molar-refractivity contribution in [1.29, 1.82) is 0 Å². The van der Waals surface area contributed by atoms with Crippen molar-refractivity contribution >= 4 is 154 Å². The van der Waals surface area contributed by atoms with Crippen LogP contribution in [0.2, 0.25) is 0 Å². The molecule has 0 aliphatic rings. The van der Waals surface area contributed by atoms with Crippen LogP contribution in [0.3, 0.4) is 0 Å². The van der Waals surface area contributed by atoms with Crippen molar-refractivity contribution in [2.45, 2.75) is 37.0 Å². The number of hydrogen-bond donors (Lipinski definition) is 8. The van der Waals surface area contributed by atoms with Crippen molar-refractivity contribution in [3.05, 3.63) is 39.9 Å². The molecule has 0 radical (unpaired) electrons. The van der Waals surface area contributed by atoms with Crippen LogP contribution in [0.15, 0.2) is 34.8 Å². The Labute approximate surface area is 551 Å². The molecule has 92 heavy (non-hydrogen) atoms. The number of aryl methyl sites for hydroxylation is 1. The van der Waals surface area contributed by atoms with Crippen molar-refractivity contribution in [1.82, 2.24) is 4.98 Å². The minimum absolute atomic E-state index is 0.152. The van der Waals surface area contributed by atoms with Crippen LogP contribution in [0.5, 0.6) is 0 Å². The van der Waals surface area contributed by atoms with Crippen LogP contribution < -0.4 is 0 Å². The summed E-state index contributed by atoms with van der Waals surface area (Å²) in [4.78, 5) is 80.0. The van der Waals surface area contributed by atoms with Crippen LogP contribution in [-0.2, 0) is 141 Å². The van der Waals surface area contributed by atoms with E-state index in [1.54, 1.807) is 18.5 Å². The van der Waals surface area contributed by atoms with E-state index < -0.39 is 159 Å². The highest BCUT2D eigenvalue weighted by molar-refractivity contribution is 7.87. The first kappa shape index (κ1) is 102. The van der Waals surface area contributed by atoms with E-state index in [-0.39, 0.29) is 23.8 Å². The Morgan fingerprint density at radius 3 is 0.837 bits per heavy atom. The third-order valence-corrected chi connectivity index (χ3v) is 46.9. The summed E-state index contributed by atoms with van der Waals surface area (Å²) >= 11 is 1.31. The molecule has 58 heteroatoms. The molecular weight excluding hydrogens is 1620 g/mol. The number of nitrogens with zero attached hydrogens (tertiary/aromatic N) is 1. The van der Waals surface area contributed by atoms with Gasteiger partial charge in [-0.15, -0.1) is 11.3 Å². The Bertz CT molecular complexity index is 2520. The van der Waals surface area contributed by atoms with Gasteiger partial charge in [-0.1, -0.05) is 20.1 Å². The van der Waals surface area contributed by atoms with E-state index in [1.165, 1.54) is 94.9 Å². The Balaban J connectivity index is -0.000000545. The van der Waals surface area contributed by atoms with Crippen LogP contribution >= 0.6 is 154 Å². The first-order chi connectivity index (χ1) is 42.0. The van der Waals surface area contributed by atoms with Gasteiger partial charge in [0.2, 0.25) is 0 Å². The second-order valence-electron chi connectivity index (χ2n) is 15.7. The molecule has 1 heterocycles. The third-order valence-electron chi connectivity index (χ3n) is 9.46. The topological polar surface area (TPSA) is 530 Å². The second-order valence-corrected chi connectivity index (χ2v) is 51.8. The molecule has 1 aromatic heterocycles. The van der Waals surface area contributed by atoms with E-state index in [9.17, 15) is 84.8 Å². The highest BCUT2D eigenvalue weighted by Crippen LogP contribution is 2.83. The molecule has 39 nitrogen and oxygen atoms in total. The van der Waals surface area contributed by atoms with Crippen LogP contribution in [0.1, 0.15) is 24.8 Å². The average molecular weight is 1710 g/mol. The molecule has 8 N–H and O–H groups in total. The largest absolute Gasteiger partial charge is 0.379 e. The van der Waals surface area contributed by atoms with Crippen molar-refractivity contribution < 1.29 is 174 Å². The van der Waals surface area contributed by atoms with E-state index in [1.807, 2.05) is 0 Å². The lowest BCUT2D eigenvalue weighted by Crippen LogP contribution is -2.15. The quantitative estimate of drug-likeness (QED) is 0.0282. The van der Waals surface area contributed by atoms with Crippen molar-refractivity contribution in [3.8, 4) is 0 Å². The van der Waals surface area contributed by atoms with Gasteiger partial charge in [0.15, 0.2) is 83.7 Å². The predicted molar refractivity (Wildman–Crippen MR) is 361 cm³/mol. The molecule has 0 spiro atoms. The molecule has 0 fully saturated rings. The molecule has 552 valence electrons. The first-order valence-corrected chi connectivity index (χ1v) is 54.1. The molecule has 0 bridgehead atoms. The van der Waals surface area contributed by atoms with Gasteiger partial charge >= 0.3 is 76.0 Å². The summed E-state index contributed by atoms with van der Waals surface area (Å²) in [6, 6.07) is 0. The third kappa shape index (κ3) is 36.9. The van der Waals surface area contributed by atoms with Gasteiger partial charge < -0.3 is 93.4 Å². The van der Waals surface area contributed by atoms with E-state index >= 15 is 0 Å². The van der Waals surface area contributed by atoms with Gasteiger partial charge in [-0.2, -0.15) is 0 Å². The van der Waals surface area contributed by atoms with Gasteiger partial charge in [-0.05, 0) is 12.8 Å². The first-order valence-electron chi connectivity index (χ1n) is 23.9. The lowest BCUT2D eigenvalue weighted by Gasteiger charge is -2.33. The van der Waals surface area contributed by atoms with Crippen molar-refractivity contribution in [3.63, 3.8) is 0 Å². The monoisotopic (exact) mass is 1710 g/mol. The smallest absolute Gasteiger partial charge is 0.350 e. The van der Waals surface area contributed by atoms with Crippen LogP contribution in [0.4, 0.5) is 0 Å². The number of thiazole rings is 1. The molecule has 8 atom stereocenters. The normalized spacial score (nSPS) is 18.2. The average Bonchev–Trinajstić information content (AvgIpc) is 0.839. The summed E-state index contributed by atoms with van der Waals surface area (Å²) in [6.45, 7) is 17.9. The predicted octanol–water partition coefficient (Wildman–Crippen LogP) is 15.3. The van der Waals surface area contributed by atoms with E-state index in [2.05, 4.69) is 54.3 Å². The maximum atomic E-state index is 13.5. The van der Waals surface area contributed by atoms with Gasteiger partial charge in [0.25, 0.3) is 0 Å². The fourth-order valence-electron chi connectivity index (χ4n) is 5.58. The van der Waals surface area contributed by atoms with Crippen LogP contribution in [0.25, 0.3) is 0 Å². The lowest BCUT2D eigenvalue weighted by atomic mass is 10.3. The highest BCUT2D eigenvalue weighted by atomic mass is 32.1. The van der Waals surface area contributed by atoms with E-state index in [4.69, 9.17) is 52.6 Å². The summed E-state index contributed by atoms with van der Waals surface area (Å²) < 4.78 is 218. The summed E-state index contributed by atoms with van der Waals surface area (Å²) in [5, 5.41) is -1.33. The van der Waals surface area contributed by atoms with Gasteiger partial charge in [-0.3, -0.25) is 80.1 Å². The maximum absolute atomic E-state index is 13.5. The molecule has 0 saturated carbocycles. The minimum Gasteiger partial charge on any atom is -0.350 e. The van der Waals surface area contributed by atoms with Crippen molar-refractivity contribution in [2.24, 2.45) is 0 Å². The number of aromatic nitrogens is 1. The summed E-state index contributed by atoms with van der Waals surface area (Å²) in [5.74, 6) is -0.389. The van der Waals surface area contributed by atoms with E-state index in [0.29, 0.717) is 11.4 Å². The zero-order valence-corrected chi connectivity index (χ0v) is 70.7. The molecule has 0 aliphatic heterocycles. The zero-order valence-electron chi connectivity index (χ0n) is 53.8. The Kier molecular flexibility index (Phi) is 54.0. The van der Waals surface area contributed by atoms with Crippen LogP contribution in [-0.4, -0.2) is 199 Å². The number of rotatable bonds is 42. The molecular formula is C34H87NO38P18S. The highest BCUT2D eigenvalue weighted by Gasteiger charge is 2.55. The molecule has 0 saturated heterocycles.